The predicted octanol–water partition coefficient (Wildman–Crippen LogP) is 0.412. The second kappa shape index (κ2) is 6.33. The van der Waals surface area contributed by atoms with Gasteiger partial charge in [-0.2, -0.15) is 8.42 Å². The fraction of sp³-hybridized carbons (Fsp3) is 0.818. The molecule has 0 aromatic carbocycles. The summed E-state index contributed by atoms with van der Waals surface area (Å²) >= 11 is 0. The van der Waals surface area contributed by atoms with Gasteiger partial charge in [-0.05, 0) is 25.7 Å². The summed E-state index contributed by atoms with van der Waals surface area (Å²) in [4.78, 5) is 22.8. The molecule has 8 heteroatoms. The Hall–Kier alpha value is -1.15. The molecule has 0 spiro atoms. The number of carbonyl (C=O) groups excluding carboxylic acids is 1. The molecule has 1 saturated carbocycles. The molecule has 0 bridgehead atoms. The van der Waals surface area contributed by atoms with E-state index in [1.165, 1.54) is 0 Å². The standard InChI is InChI=1S/C11H19NO6S/c1-2-3-9(11(14)15)12-10(13)7-4-5-8(6-7)19(16,17)18/h7-9H,2-6H2,1H3,(H,12,13)(H,14,15)(H,16,17,18)/t7-,8+,9-/m0/s1. The van der Waals surface area contributed by atoms with Gasteiger partial charge in [0, 0.05) is 5.92 Å². The lowest BCUT2D eigenvalue weighted by Gasteiger charge is -2.16. The van der Waals surface area contributed by atoms with Crippen molar-refractivity contribution in [3.63, 3.8) is 0 Å². The zero-order chi connectivity index (χ0) is 14.6. The predicted molar refractivity (Wildman–Crippen MR) is 67.2 cm³/mol. The van der Waals surface area contributed by atoms with Crippen LogP contribution in [-0.2, 0) is 19.7 Å². The van der Waals surface area contributed by atoms with Crippen LogP contribution in [-0.4, -0.2) is 41.2 Å². The first kappa shape index (κ1) is 15.9. The molecular formula is C11H19NO6S. The van der Waals surface area contributed by atoms with Crippen LogP contribution in [0.1, 0.15) is 39.0 Å². The molecule has 1 rings (SSSR count). The van der Waals surface area contributed by atoms with Crippen LogP contribution in [0.25, 0.3) is 0 Å². The SMILES string of the molecule is CCC[C@H](NC(=O)[C@H]1CC[C@@H](S(=O)(=O)O)C1)C(=O)O. The summed E-state index contributed by atoms with van der Waals surface area (Å²) in [5.74, 6) is -2.10. The highest BCUT2D eigenvalue weighted by Gasteiger charge is 2.37. The highest BCUT2D eigenvalue weighted by atomic mass is 32.2. The molecule has 110 valence electrons. The van der Waals surface area contributed by atoms with Crippen LogP contribution < -0.4 is 5.32 Å². The molecule has 0 aliphatic heterocycles. The zero-order valence-electron chi connectivity index (χ0n) is 10.7. The van der Waals surface area contributed by atoms with Crippen LogP contribution in [0.2, 0.25) is 0 Å². The van der Waals surface area contributed by atoms with Crippen molar-refractivity contribution in [3.8, 4) is 0 Å². The van der Waals surface area contributed by atoms with E-state index in [2.05, 4.69) is 5.32 Å². The van der Waals surface area contributed by atoms with Crippen LogP contribution in [0.5, 0.6) is 0 Å². The number of aliphatic carboxylic acids is 1. The Morgan fingerprint density at radius 2 is 2.00 bits per heavy atom. The lowest BCUT2D eigenvalue weighted by molar-refractivity contribution is -0.142. The second-order valence-electron chi connectivity index (χ2n) is 4.84. The summed E-state index contributed by atoms with van der Waals surface area (Å²) < 4.78 is 30.8. The Morgan fingerprint density at radius 3 is 2.42 bits per heavy atom. The van der Waals surface area contributed by atoms with Gasteiger partial charge in [-0.25, -0.2) is 4.79 Å². The Labute approximate surface area is 112 Å². The molecule has 0 aromatic heterocycles. The van der Waals surface area contributed by atoms with Crippen molar-refractivity contribution >= 4 is 22.0 Å². The maximum Gasteiger partial charge on any atom is 0.326 e. The van der Waals surface area contributed by atoms with Gasteiger partial charge in [0.05, 0.1) is 5.25 Å². The number of carboxylic acids is 1. The summed E-state index contributed by atoms with van der Waals surface area (Å²) in [5, 5.41) is 10.4. The van der Waals surface area contributed by atoms with Crippen molar-refractivity contribution in [2.75, 3.05) is 0 Å². The molecular weight excluding hydrogens is 274 g/mol. The molecule has 1 amide bonds. The van der Waals surface area contributed by atoms with Crippen molar-refractivity contribution in [2.45, 2.75) is 50.3 Å². The summed E-state index contributed by atoms with van der Waals surface area (Å²) in [7, 11) is -4.12. The molecule has 1 aliphatic carbocycles. The number of carboxylic acid groups (broad SMARTS) is 1. The van der Waals surface area contributed by atoms with E-state index in [1.807, 2.05) is 6.92 Å². The average molecular weight is 293 g/mol. The van der Waals surface area contributed by atoms with Crippen LogP contribution >= 0.6 is 0 Å². The molecule has 0 saturated heterocycles. The minimum absolute atomic E-state index is 0.0448. The van der Waals surface area contributed by atoms with E-state index in [0.29, 0.717) is 19.3 Å². The Morgan fingerprint density at radius 1 is 1.37 bits per heavy atom. The maximum atomic E-state index is 11.9. The van der Waals surface area contributed by atoms with Crippen LogP contribution in [0.4, 0.5) is 0 Å². The van der Waals surface area contributed by atoms with Gasteiger partial charge < -0.3 is 10.4 Å². The molecule has 19 heavy (non-hydrogen) atoms. The largest absolute Gasteiger partial charge is 0.480 e. The van der Waals surface area contributed by atoms with Gasteiger partial charge in [0.15, 0.2) is 0 Å². The highest BCUT2D eigenvalue weighted by Crippen LogP contribution is 2.30. The lowest BCUT2D eigenvalue weighted by atomic mass is 10.1. The third kappa shape index (κ3) is 4.46. The van der Waals surface area contributed by atoms with Gasteiger partial charge in [-0.1, -0.05) is 13.3 Å². The maximum absolute atomic E-state index is 11.9. The van der Waals surface area contributed by atoms with E-state index < -0.39 is 39.2 Å². The average Bonchev–Trinajstić information content (AvgIpc) is 2.76. The first-order chi connectivity index (χ1) is 8.75. The van der Waals surface area contributed by atoms with Gasteiger partial charge in [-0.15, -0.1) is 0 Å². The van der Waals surface area contributed by atoms with E-state index in [0.717, 1.165) is 0 Å². The van der Waals surface area contributed by atoms with Crippen LogP contribution in [0.3, 0.4) is 0 Å². The molecule has 3 atom stereocenters. The van der Waals surface area contributed by atoms with Crippen LogP contribution in [0.15, 0.2) is 0 Å². The number of carbonyl (C=O) groups is 2. The summed E-state index contributed by atoms with van der Waals surface area (Å²) in [6.07, 6.45) is 1.56. The molecule has 0 heterocycles. The first-order valence-electron chi connectivity index (χ1n) is 6.25. The van der Waals surface area contributed by atoms with E-state index in [4.69, 9.17) is 9.66 Å². The van der Waals surface area contributed by atoms with Gasteiger partial charge in [0.25, 0.3) is 10.1 Å². The molecule has 3 N–H and O–H groups in total. The number of hydrogen-bond donors (Lipinski definition) is 3. The fourth-order valence-electron chi connectivity index (χ4n) is 2.28. The molecule has 0 aromatic rings. The number of amides is 1. The molecule has 7 nitrogen and oxygen atoms in total. The van der Waals surface area contributed by atoms with Crippen molar-refractivity contribution < 1.29 is 27.7 Å². The van der Waals surface area contributed by atoms with Gasteiger partial charge in [0.2, 0.25) is 5.91 Å². The summed E-state index contributed by atoms with van der Waals surface area (Å²) in [6.45, 7) is 1.81. The van der Waals surface area contributed by atoms with E-state index in [-0.39, 0.29) is 12.8 Å². The minimum Gasteiger partial charge on any atom is -0.480 e. The Bertz CT molecular complexity index is 446. The monoisotopic (exact) mass is 293 g/mol. The smallest absolute Gasteiger partial charge is 0.326 e. The molecule has 1 fully saturated rings. The third-order valence-electron chi connectivity index (χ3n) is 3.37. The first-order valence-corrected chi connectivity index (χ1v) is 7.75. The van der Waals surface area contributed by atoms with E-state index >= 15 is 0 Å². The minimum atomic E-state index is -4.12. The molecule has 0 radical (unpaired) electrons. The van der Waals surface area contributed by atoms with Crippen molar-refractivity contribution in [2.24, 2.45) is 5.92 Å². The quantitative estimate of drug-likeness (QED) is 0.610. The van der Waals surface area contributed by atoms with Crippen molar-refractivity contribution in [1.29, 1.82) is 0 Å². The lowest BCUT2D eigenvalue weighted by Crippen LogP contribution is -2.43. The molecule has 0 unspecified atom stereocenters. The molecule has 1 aliphatic rings. The normalized spacial score (nSPS) is 24.9. The Balaban J connectivity index is 2.58. The highest BCUT2D eigenvalue weighted by molar-refractivity contribution is 7.86. The topological polar surface area (TPSA) is 121 Å². The van der Waals surface area contributed by atoms with Gasteiger partial charge in [-0.3, -0.25) is 9.35 Å². The van der Waals surface area contributed by atoms with Crippen molar-refractivity contribution in [1.82, 2.24) is 5.32 Å². The fourth-order valence-corrected chi connectivity index (χ4v) is 3.19. The number of nitrogens with one attached hydrogen (secondary N) is 1. The summed E-state index contributed by atoms with van der Waals surface area (Å²) in [5.41, 5.74) is 0. The van der Waals surface area contributed by atoms with Gasteiger partial charge >= 0.3 is 5.97 Å². The van der Waals surface area contributed by atoms with Crippen LogP contribution in [0, 0.1) is 5.92 Å². The number of hydrogen-bond acceptors (Lipinski definition) is 4. The third-order valence-corrected chi connectivity index (χ3v) is 4.64. The Kier molecular flexibility index (Phi) is 5.30. The second-order valence-corrected chi connectivity index (χ2v) is 6.53. The zero-order valence-corrected chi connectivity index (χ0v) is 11.5. The van der Waals surface area contributed by atoms with E-state index in [1.54, 1.807) is 0 Å². The van der Waals surface area contributed by atoms with E-state index in [9.17, 15) is 18.0 Å². The van der Waals surface area contributed by atoms with Gasteiger partial charge in [0.1, 0.15) is 6.04 Å². The number of rotatable bonds is 6. The van der Waals surface area contributed by atoms with Crippen molar-refractivity contribution in [3.05, 3.63) is 0 Å². The summed E-state index contributed by atoms with van der Waals surface area (Å²) in [6, 6.07) is -0.942.